The molecule has 0 atom stereocenters. The molecule has 9 heteroatoms. The molecule has 8 nitrogen and oxygen atoms in total. The van der Waals surface area contributed by atoms with E-state index in [0.29, 0.717) is 51.6 Å². The second-order valence-electron chi connectivity index (χ2n) is 7.48. The lowest BCUT2D eigenvalue weighted by Gasteiger charge is -2.14. The first-order valence-electron chi connectivity index (χ1n) is 10.2. The van der Waals surface area contributed by atoms with Gasteiger partial charge in [-0.2, -0.15) is 4.98 Å². The van der Waals surface area contributed by atoms with Crippen LogP contribution in [0.25, 0.3) is 10.9 Å². The number of methoxy groups -OCH3 is 2. The fourth-order valence-electron chi connectivity index (χ4n) is 3.25. The zero-order valence-corrected chi connectivity index (χ0v) is 19.2. The van der Waals surface area contributed by atoms with Gasteiger partial charge < -0.3 is 14.0 Å². The van der Waals surface area contributed by atoms with Crippen LogP contribution in [0.3, 0.4) is 0 Å². The van der Waals surface area contributed by atoms with Gasteiger partial charge >= 0.3 is 0 Å². The van der Waals surface area contributed by atoms with Crippen molar-refractivity contribution in [2.45, 2.75) is 37.2 Å². The Morgan fingerprint density at radius 1 is 1.06 bits per heavy atom. The lowest BCUT2D eigenvalue weighted by molar-refractivity contribution is 0.354. The Morgan fingerprint density at radius 3 is 2.56 bits per heavy atom. The van der Waals surface area contributed by atoms with Gasteiger partial charge in [0.2, 0.25) is 5.89 Å². The van der Waals surface area contributed by atoms with Crippen molar-refractivity contribution in [1.29, 1.82) is 0 Å². The zero-order chi connectivity index (χ0) is 22.7. The summed E-state index contributed by atoms with van der Waals surface area (Å²) in [6, 6.07) is 12.9. The number of thioether (sulfide) groups is 1. The van der Waals surface area contributed by atoms with Crippen LogP contribution < -0.4 is 15.0 Å². The normalized spacial score (nSPS) is 11.3. The maximum atomic E-state index is 13.3. The molecule has 0 amide bonds. The summed E-state index contributed by atoms with van der Waals surface area (Å²) in [6.07, 6.45) is 0. The van der Waals surface area contributed by atoms with Crippen molar-refractivity contribution < 1.29 is 14.0 Å². The molecule has 0 aliphatic carbocycles. The Bertz CT molecular complexity index is 1300. The fraction of sp³-hybridized carbons (Fsp3) is 0.304. The molecule has 166 valence electrons. The first-order chi connectivity index (χ1) is 15.5. The summed E-state index contributed by atoms with van der Waals surface area (Å²) in [4.78, 5) is 22.5. The SMILES string of the molecule is COc1ccc(Cn2c(SCc3noc(C(C)C)n3)nc3ccccc3c2=O)cc1OC. The Labute approximate surface area is 189 Å². The van der Waals surface area contributed by atoms with Crippen molar-refractivity contribution in [2.75, 3.05) is 14.2 Å². The third kappa shape index (κ3) is 4.47. The van der Waals surface area contributed by atoms with Gasteiger partial charge in [-0.25, -0.2) is 4.98 Å². The van der Waals surface area contributed by atoms with Crippen molar-refractivity contribution in [1.82, 2.24) is 19.7 Å². The number of fused-ring (bicyclic) bond motifs is 1. The number of hydrogen-bond acceptors (Lipinski definition) is 8. The lowest BCUT2D eigenvalue weighted by Crippen LogP contribution is -2.24. The van der Waals surface area contributed by atoms with E-state index in [0.717, 1.165) is 5.56 Å². The molecular weight excluding hydrogens is 428 g/mol. The van der Waals surface area contributed by atoms with E-state index in [2.05, 4.69) is 10.1 Å². The average molecular weight is 453 g/mol. The number of rotatable bonds is 8. The Balaban J connectivity index is 1.71. The van der Waals surface area contributed by atoms with Crippen LogP contribution in [0.5, 0.6) is 11.5 Å². The Morgan fingerprint density at radius 2 is 1.84 bits per heavy atom. The third-order valence-electron chi connectivity index (χ3n) is 4.92. The molecule has 32 heavy (non-hydrogen) atoms. The van der Waals surface area contributed by atoms with Gasteiger partial charge in [0.1, 0.15) is 0 Å². The topological polar surface area (TPSA) is 92.3 Å². The predicted octanol–water partition coefficient (Wildman–Crippen LogP) is 4.26. The molecule has 4 aromatic rings. The lowest BCUT2D eigenvalue weighted by atomic mass is 10.2. The molecule has 0 unspecified atom stereocenters. The average Bonchev–Trinajstić information content (AvgIpc) is 3.29. The van der Waals surface area contributed by atoms with E-state index in [4.69, 9.17) is 19.0 Å². The molecule has 0 saturated carbocycles. The van der Waals surface area contributed by atoms with Gasteiger partial charge in [0.05, 0.1) is 37.4 Å². The zero-order valence-electron chi connectivity index (χ0n) is 18.4. The van der Waals surface area contributed by atoms with Gasteiger partial charge in [0.15, 0.2) is 22.5 Å². The van der Waals surface area contributed by atoms with Gasteiger partial charge in [-0.15, -0.1) is 0 Å². The standard InChI is InChI=1S/C23H24N4O4S/c1-14(2)21-25-20(26-31-21)13-32-23-24-17-8-6-5-7-16(17)22(28)27(23)12-15-9-10-18(29-3)19(11-15)30-4/h5-11,14H,12-13H2,1-4H3. The molecule has 0 bridgehead atoms. The second-order valence-corrected chi connectivity index (χ2v) is 8.43. The highest BCUT2D eigenvalue weighted by atomic mass is 32.2. The minimum Gasteiger partial charge on any atom is -0.493 e. The smallest absolute Gasteiger partial charge is 0.262 e. The number of benzene rings is 2. The second kappa shape index (κ2) is 9.44. The van der Waals surface area contributed by atoms with Crippen LogP contribution in [0, 0.1) is 0 Å². The van der Waals surface area contributed by atoms with Crippen molar-refractivity contribution in [3.63, 3.8) is 0 Å². The molecule has 2 heterocycles. The highest BCUT2D eigenvalue weighted by Gasteiger charge is 2.16. The molecule has 0 fully saturated rings. The van der Waals surface area contributed by atoms with E-state index < -0.39 is 0 Å². The number of aromatic nitrogens is 4. The van der Waals surface area contributed by atoms with Crippen LogP contribution >= 0.6 is 11.8 Å². The fourth-order valence-corrected chi connectivity index (χ4v) is 4.09. The number of para-hydroxylation sites is 1. The molecule has 0 N–H and O–H groups in total. The van der Waals surface area contributed by atoms with Gasteiger partial charge in [0, 0.05) is 5.92 Å². The molecule has 4 rings (SSSR count). The number of hydrogen-bond donors (Lipinski definition) is 0. The molecule has 0 saturated heterocycles. The molecule has 0 radical (unpaired) electrons. The first kappa shape index (κ1) is 21.9. The van der Waals surface area contributed by atoms with E-state index in [9.17, 15) is 4.79 Å². The summed E-state index contributed by atoms with van der Waals surface area (Å²) in [5.74, 6) is 2.99. The highest BCUT2D eigenvalue weighted by molar-refractivity contribution is 7.98. The van der Waals surface area contributed by atoms with Crippen molar-refractivity contribution in [3.8, 4) is 11.5 Å². The Kier molecular flexibility index (Phi) is 6.45. The summed E-state index contributed by atoms with van der Waals surface area (Å²) in [5, 5.41) is 5.19. The number of ether oxygens (including phenoxy) is 2. The summed E-state index contributed by atoms with van der Waals surface area (Å²) in [5.41, 5.74) is 1.44. The molecule has 2 aromatic heterocycles. The molecule has 0 spiro atoms. The summed E-state index contributed by atoms with van der Waals surface area (Å²) in [7, 11) is 3.18. The molecular formula is C23H24N4O4S. The monoisotopic (exact) mass is 452 g/mol. The first-order valence-corrected chi connectivity index (χ1v) is 11.1. The predicted molar refractivity (Wildman–Crippen MR) is 123 cm³/mol. The van der Waals surface area contributed by atoms with Crippen molar-refractivity contribution >= 4 is 22.7 Å². The minimum atomic E-state index is -0.108. The van der Waals surface area contributed by atoms with E-state index >= 15 is 0 Å². The molecule has 0 aliphatic heterocycles. The van der Waals surface area contributed by atoms with Crippen LogP contribution in [0.4, 0.5) is 0 Å². The largest absolute Gasteiger partial charge is 0.493 e. The van der Waals surface area contributed by atoms with Gasteiger partial charge in [-0.05, 0) is 29.8 Å². The van der Waals surface area contributed by atoms with Crippen LogP contribution in [0.2, 0.25) is 0 Å². The van der Waals surface area contributed by atoms with Crippen LogP contribution in [0.1, 0.15) is 37.0 Å². The maximum Gasteiger partial charge on any atom is 0.262 e. The van der Waals surface area contributed by atoms with Gasteiger partial charge in [0.25, 0.3) is 5.56 Å². The minimum absolute atomic E-state index is 0.108. The molecule has 2 aromatic carbocycles. The maximum absolute atomic E-state index is 13.3. The van der Waals surface area contributed by atoms with Crippen molar-refractivity contribution in [2.24, 2.45) is 0 Å². The van der Waals surface area contributed by atoms with Crippen LogP contribution in [-0.2, 0) is 12.3 Å². The van der Waals surface area contributed by atoms with E-state index in [1.54, 1.807) is 24.9 Å². The third-order valence-corrected chi connectivity index (χ3v) is 5.90. The van der Waals surface area contributed by atoms with E-state index in [1.807, 2.05) is 50.2 Å². The van der Waals surface area contributed by atoms with E-state index in [-0.39, 0.29) is 11.5 Å². The highest BCUT2D eigenvalue weighted by Crippen LogP contribution is 2.29. The summed E-state index contributed by atoms with van der Waals surface area (Å²) >= 11 is 1.40. The quantitative estimate of drug-likeness (QED) is 0.289. The van der Waals surface area contributed by atoms with Crippen LogP contribution in [-0.4, -0.2) is 33.9 Å². The van der Waals surface area contributed by atoms with Gasteiger partial charge in [-0.3, -0.25) is 9.36 Å². The van der Waals surface area contributed by atoms with Crippen molar-refractivity contribution in [3.05, 3.63) is 70.1 Å². The van der Waals surface area contributed by atoms with E-state index in [1.165, 1.54) is 11.8 Å². The summed E-state index contributed by atoms with van der Waals surface area (Å²) in [6.45, 7) is 4.33. The van der Waals surface area contributed by atoms with Crippen LogP contribution in [0.15, 0.2) is 56.9 Å². The molecule has 0 aliphatic rings. The van der Waals surface area contributed by atoms with Gasteiger partial charge in [-0.1, -0.05) is 49.0 Å². The summed E-state index contributed by atoms with van der Waals surface area (Å²) < 4.78 is 17.7. The number of nitrogens with zero attached hydrogens (tertiary/aromatic N) is 4. The Hall–Kier alpha value is -3.33.